The van der Waals surface area contributed by atoms with Gasteiger partial charge < -0.3 is 4.98 Å². The molecule has 2 aromatic carbocycles. The number of hydrogen-bond donors (Lipinski definition) is 0. The van der Waals surface area contributed by atoms with Crippen LogP contribution in [0.2, 0.25) is 0 Å². The maximum absolute atomic E-state index is 14.2. The van der Waals surface area contributed by atoms with Crippen molar-refractivity contribution in [3.8, 4) is 16.9 Å². The molecule has 0 N–H and O–H groups in total. The van der Waals surface area contributed by atoms with Crippen molar-refractivity contribution >= 4 is 0 Å². The third-order valence-corrected chi connectivity index (χ3v) is 4.92. The Hall–Kier alpha value is -2.65. The van der Waals surface area contributed by atoms with Gasteiger partial charge in [0.15, 0.2) is 0 Å². The SMILES string of the molecule is Cc1cc[c-]c(-n2ccc(C(C)(C)c3cccc(-c4[c-]cc(F)cc4F)n3)n2)c1.[Pt+2]. The van der Waals surface area contributed by atoms with Crippen LogP contribution in [0.25, 0.3) is 16.9 Å². The molecule has 0 aliphatic carbocycles. The summed E-state index contributed by atoms with van der Waals surface area (Å²) < 4.78 is 29.2. The third kappa shape index (κ3) is 4.27. The predicted octanol–water partition coefficient (Wildman–Crippen LogP) is 5.44. The van der Waals surface area contributed by atoms with Gasteiger partial charge in [0.1, 0.15) is 0 Å². The van der Waals surface area contributed by atoms with E-state index in [-0.39, 0.29) is 26.6 Å². The first-order chi connectivity index (χ1) is 13.8. The molecule has 0 amide bonds. The molecule has 0 bridgehead atoms. The first-order valence-corrected chi connectivity index (χ1v) is 9.24. The van der Waals surface area contributed by atoms with Gasteiger partial charge in [0, 0.05) is 23.5 Å². The molecule has 154 valence electrons. The summed E-state index contributed by atoms with van der Waals surface area (Å²) >= 11 is 0. The molecule has 0 saturated carbocycles. The number of halogens is 2. The van der Waals surface area contributed by atoms with Gasteiger partial charge in [-0.1, -0.05) is 30.7 Å². The molecule has 0 fully saturated rings. The summed E-state index contributed by atoms with van der Waals surface area (Å²) in [5.41, 5.74) is 3.55. The Morgan fingerprint density at radius 2 is 1.80 bits per heavy atom. The summed E-state index contributed by atoms with van der Waals surface area (Å²) in [5, 5.41) is 4.72. The molecular weight excluding hydrogens is 563 g/mol. The Morgan fingerprint density at radius 1 is 1.00 bits per heavy atom. The standard InChI is InChI=1S/C24H19F2N3.Pt/c1-16-6-4-7-18(14-16)29-13-12-23(28-29)24(2,3)22-9-5-8-21(27-22)19-11-10-17(25)15-20(19)26;/h4-6,8-10,12-15H,1-3H3;/q-2;+2. The van der Waals surface area contributed by atoms with E-state index in [9.17, 15) is 8.78 Å². The first kappa shape index (κ1) is 22.0. The predicted molar refractivity (Wildman–Crippen MR) is 108 cm³/mol. The monoisotopic (exact) mass is 582 g/mol. The molecule has 4 rings (SSSR count). The largest absolute Gasteiger partial charge is 2.00 e. The van der Waals surface area contributed by atoms with E-state index in [1.165, 1.54) is 0 Å². The first-order valence-electron chi connectivity index (χ1n) is 9.24. The van der Waals surface area contributed by atoms with E-state index in [0.29, 0.717) is 5.69 Å². The summed E-state index contributed by atoms with van der Waals surface area (Å²) in [4.78, 5) is 4.63. The molecule has 6 heteroatoms. The summed E-state index contributed by atoms with van der Waals surface area (Å²) in [5.74, 6) is -1.35. The summed E-state index contributed by atoms with van der Waals surface area (Å²) in [6, 6.07) is 20.9. The van der Waals surface area contributed by atoms with Gasteiger partial charge in [-0.25, -0.2) is 0 Å². The normalized spacial score (nSPS) is 11.2. The Labute approximate surface area is 189 Å². The molecule has 0 saturated heterocycles. The van der Waals surface area contributed by atoms with Gasteiger partial charge in [-0.2, -0.15) is 28.9 Å². The third-order valence-electron chi connectivity index (χ3n) is 4.92. The molecule has 0 aliphatic rings. The van der Waals surface area contributed by atoms with Crippen molar-refractivity contribution in [1.82, 2.24) is 14.8 Å². The minimum atomic E-state index is -0.688. The molecule has 2 heterocycles. The van der Waals surface area contributed by atoms with Gasteiger partial charge in [-0.05, 0) is 37.4 Å². The fraction of sp³-hybridized carbons (Fsp3) is 0.167. The van der Waals surface area contributed by atoms with Crippen molar-refractivity contribution in [3.05, 3.63) is 102 Å². The molecule has 0 unspecified atom stereocenters. The number of benzene rings is 2. The number of aryl methyl sites for hydroxylation is 1. The van der Waals surface area contributed by atoms with E-state index in [4.69, 9.17) is 5.10 Å². The van der Waals surface area contributed by atoms with Crippen LogP contribution in [0.3, 0.4) is 0 Å². The van der Waals surface area contributed by atoms with Crippen LogP contribution in [0.4, 0.5) is 8.78 Å². The fourth-order valence-corrected chi connectivity index (χ4v) is 3.18. The van der Waals surface area contributed by atoms with Crippen LogP contribution in [-0.4, -0.2) is 14.8 Å². The zero-order valence-corrected chi connectivity index (χ0v) is 19.0. The minimum Gasteiger partial charge on any atom is -0.300 e. The van der Waals surface area contributed by atoms with E-state index in [1.807, 2.05) is 57.3 Å². The van der Waals surface area contributed by atoms with E-state index < -0.39 is 17.0 Å². The maximum atomic E-state index is 14.2. The summed E-state index contributed by atoms with van der Waals surface area (Å²) in [6.45, 7) is 6.04. The zero-order valence-electron chi connectivity index (χ0n) is 16.7. The smallest absolute Gasteiger partial charge is 0.300 e. The van der Waals surface area contributed by atoms with Crippen molar-refractivity contribution < 1.29 is 29.8 Å². The molecular formula is C24H19F2N3Pt. The number of nitrogens with zero attached hydrogens (tertiary/aromatic N) is 3. The summed E-state index contributed by atoms with van der Waals surface area (Å²) in [7, 11) is 0. The molecule has 3 nitrogen and oxygen atoms in total. The van der Waals surface area contributed by atoms with Gasteiger partial charge in [0.25, 0.3) is 0 Å². The van der Waals surface area contributed by atoms with E-state index in [0.717, 1.165) is 34.8 Å². The Kier molecular flexibility index (Phi) is 6.32. The Balaban J connectivity index is 0.00000256. The fourth-order valence-electron chi connectivity index (χ4n) is 3.18. The van der Waals surface area contributed by atoms with Crippen molar-refractivity contribution in [1.29, 1.82) is 0 Å². The van der Waals surface area contributed by atoms with Crippen molar-refractivity contribution in [2.45, 2.75) is 26.2 Å². The molecule has 0 aliphatic heterocycles. The second-order valence-electron chi connectivity index (χ2n) is 7.47. The number of rotatable bonds is 4. The quantitative estimate of drug-likeness (QED) is 0.300. The average Bonchev–Trinajstić information content (AvgIpc) is 3.19. The van der Waals surface area contributed by atoms with E-state index in [1.54, 1.807) is 16.8 Å². The topological polar surface area (TPSA) is 30.7 Å². The number of hydrogen-bond acceptors (Lipinski definition) is 2. The van der Waals surface area contributed by atoms with Crippen molar-refractivity contribution in [2.75, 3.05) is 0 Å². The second kappa shape index (κ2) is 8.61. The van der Waals surface area contributed by atoms with Gasteiger partial charge in [-0.15, -0.1) is 18.2 Å². The molecule has 4 aromatic rings. The van der Waals surface area contributed by atoms with Crippen LogP contribution in [0.1, 0.15) is 30.8 Å². The van der Waals surface area contributed by atoms with Crippen LogP contribution in [0.15, 0.2) is 60.8 Å². The maximum Gasteiger partial charge on any atom is 2.00 e. The average molecular weight is 583 g/mol. The summed E-state index contributed by atoms with van der Waals surface area (Å²) in [6.07, 6.45) is 1.89. The second-order valence-corrected chi connectivity index (χ2v) is 7.47. The van der Waals surface area contributed by atoms with E-state index >= 15 is 0 Å². The molecule has 30 heavy (non-hydrogen) atoms. The molecule has 0 radical (unpaired) electrons. The van der Waals surface area contributed by atoms with Crippen LogP contribution in [0, 0.1) is 30.7 Å². The Bertz CT molecular complexity index is 1180. The molecule has 0 spiro atoms. The van der Waals surface area contributed by atoms with Crippen molar-refractivity contribution in [3.63, 3.8) is 0 Å². The van der Waals surface area contributed by atoms with Crippen LogP contribution < -0.4 is 0 Å². The van der Waals surface area contributed by atoms with Crippen molar-refractivity contribution in [2.24, 2.45) is 0 Å². The number of aromatic nitrogens is 3. The van der Waals surface area contributed by atoms with Crippen LogP contribution in [0.5, 0.6) is 0 Å². The molecule has 2 aromatic heterocycles. The van der Waals surface area contributed by atoms with Gasteiger partial charge >= 0.3 is 21.1 Å². The van der Waals surface area contributed by atoms with E-state index in [2.05, 4.69) is 17.1 Å². The number of pyridine rings is 1. The van der Waals surface area contributed by atoms with Crippen LogP contribution >= 0.6 is 0 Å². The Morgan fingerprint density at radius 3 is 2.53 bits per heavy atom. The molecule has 0 atom stereocenters. The van der Waals surface area contributed by atoms with Gasteiger partial charge in [0.05, 0.1) is 11.1 Å². The van der Waals surface area contributed by atoms with Crippen LogP contribution in [-0.2, 0) is 26.5 Å². The van der Waals surface area contributed by atoms with Gasteiger partial charge in [0.2, 0.25) is 0 Å². The van der Waals surface area contributed by atoms with Gasteiger partial charge in [-0.3, -0.25) is 13.5 Å². The minimum absolute atomic E-state index is 0. The zero-order chi connectivity index (χ0) is 20.6.